The van der Waals surface area contributed by atoms with Crippen molar-refractivity contribution >= 4 is 16.9 Å². The lowest BCUT2D eigenvalue weighted by Gasteiger charge is -2.03. The van der Waals surface area contributed by atoms with Crippen molar-refractivity contribution < 1.29 is 9.90 Å². The van der Waals surface area contributed by atoms with E-state index in [0.717, 1.165) is 22.3 Å². The molecule has 0 fully saturated rings. The standard InChI is InChI=1S/C16H15N3O2/c20-16(21)7-6-12-10-19(11-15-17-8-3-9-18-15)14-5-2-1-4-13(12)14/h1-5,8-10H,6-7,11H2,(H,20,21). The quantitative estimate of drug-likeness (QED) is 0.780. The third-order valence-corrected chi connectivity index (χ3v) is 3.41. The van der Waals surface area contributed by atoms with Gasteiger partial charge in [-0.1, -0.05) is 18.2 Å². The van der Waals surface area contributed by atoms with Crippen LogP contribution in [0, 0.1) is 0 Å². The number of rotatable bonds is 5. The van der Waals surface area contributed by atoms with Gasteiger partial charge in [0.25, 0.3) is 0 Å². The fraction of sp³-hybridized carbons (Fsp3) is 0.188. The fourth-order valence-corrected chi connectivity index (χ4v) is 2.46. The van der Waals surface area contributed by atoms with Crippen LogP contribution in [0.1, 0.15) is 17.8 Å². The molecule has 5 nitrogen and oxygen atoms in total. The maximum atomic E-state index is 10.8. The average Bonchev–Trinajstić information content (AvgIpc) is 2.85. The van der Waals surface area contributed by atoms with Crippen LogP contribution in [-0.4, -0.2) is 25.6 Å². The number of carbonyl (C=O) groups is 1. The lowest BCUT2D eigenvalue weighted by atomic mass is 10.1. The van der Waals surface area contributed by atoms with Crippen molar-refractivity contribution in [3.05, 3.63) is 60.3 Å². The topological polar surface area (TPSA) is 68.0 Å². The van der Waals surface area contributed by atoms with Crippen LogP contribution in [0.25, 0.3) is 10.9 Å². The third kappa shape index (κ3) is 2.91. The van der Waals surface area contributed by atoms with Gasteiger partial charge in [0.2, 0.25) is 0 Å². The number of aliphatic carboxylic acids is 1. The van der Waals surface area contributed by atoms with Gasteiger partial charge in [0.05, 0.1) is 6.54 Å². The molecule has 0 unspecified atom stereocenters. The first-order chi connectivity index (χ1) is 10.2. The Labute approximate surface area is 121 Å². The van der Waals surface area contributed by atoms with Gasteiger partial charge in [0, 0.05) is 35.9 Å². The normalized spacial score (nSPS) is 10.9. The van der Waals surface area contributed by atoms with Crippen molar-refractivity contribution in [2.24, 2.45) is 0 Å². The van der Waals surface area contributed by atoms with E-state index in [4.69, 9.17) is 5.11 Å². The van der Waals surface area contributed by atoms with Gasteiger partial charge in [0.1, 0.15) is 5.82 Å². The van der Waals surface area contributed by atoms with Crippen molar-refractivity contribution in [1.29, 1.82) is 0 Å². The average molecular weight is 281 g/mol. The van der Waals surface area contributed by atoms with Gasteiger partial charge in [-0.15, -0.1) is 0 Å². The SMILES string of the molecule is O=C(O)CCc1cn(Cc2ncccn2)c2ccccc12. The maximum Gasteiger partial charge on any atom is 0.303 e. The predicted molar refractivity (Wildman–Crippen MR) is 79.0 cm³/mol. The van der Waals surface area contributed by atoms with E-state index in [1.165, 1.54) is 0 Å². The van der Waals surface area contributed by atoms with Gasteiger partial charge in [0.15, 0.2) is 0 Å². The van der Waals surface area contributed by atoms with E-state index in [1.54, 1.807) is 18.5 Å². The Balaban J connectivity index is 1.96. The summed E-state index contributed by atoms with van der Waals surface area (Å²) in [4.78, 5) is 19.3. The van der Waals surface area contributed by atoms with Gasteiger partial charge < -0.3 is 9.67 Å². The zero-order chi connectivity index (χ0) is 14.7. The Morgan fingerprint density at radius 2 is 1.90 bits per heavy atom. The zero-order valence-corrected chi connectivity index (χ0v) is 11.4. The molecule has 0 aliphatic carbocycles. The summed E-state index contributed by atoms with van der Waals surface area (Å²) in [5.74, 6) is -0.0405. The minimum Gasteiger partial charge on any atom is -0.481 e. The summed E-state index contributed by atoms with van der Waals surface area (Å²) >= 11 is 0. The van der Waals surface area contributed by atoms with Gasteiger partial charge in [-0.25, -0.2) is 9.97 Å². The second kappa shape index (κ2) is 5.75. The van der Waals surface area contributed by atoms with Crippen LogP contribution in [0.15, 0.2) is 48.9 Å². The second-order valence-corrected chi connectivity index (χ2v) is 4.86. The Bertz CT molecular complexity index is 766. The molecule has 3 rings (SSSR count). The molecule has 0 amide bonds. The molecule has 5 heteroatoms. The number of para-hydroxylation sites is 1. The third-order valence-electron chi connectivity index (χ3n) is 3.41. The van der Waals surface area contributed by atoms with E-state index >= 15 is 0 Å². The first kappa shape index (κ1) is 13.3. The molecule has 0 radical (unpaired) electrons. The van der Waals surface area contributed by atoms with Crippen molar-refractivity contribution in [1.82, 2.24) is 14.5 Å². The van der Waals surface area contributed by atoms with Crippen LogP contribution in [0.3, 0.4) is 0 Å². The Morgan fingerprint density at radius 1 is 1.14 bits per heavy atom. The van der Waals surface area contributed by atoms with E-state index in [1.807, 2.05) is 30.5 Å². The molecular weight excluding hydrogens is 266 g/mol. The Morgan fingerprint density at radius 3 is 2.67 bits per heavy atom. The van der Waals surface area contributed by atoms with E-state index < -0.39 is 5.97 Å². The first-order valence-corrected chi connectivity index (χ1v) is 6.78. The van der Waals surface area contributed by atoms with E-state index in [0.29, 0.717) is 13.0 Å². The number of nitrogens with zero attached hydrogens (tertiary/aromatic N) is 3. The van der Waals surface area contributed by atoms with Crippen LogP contribution in [0.4, 0.5) is 0 Å². The molecule has 0 atom stereocenters. The molecule has 0 aliphatic heterocycles. The van der Waals surface area contributed by atoms with E-state index in [-0.39, 0.29) is 6.42 Å². The van der Waals surface area contributed by atoms with Gasteiger partial charge in [-0.05, 0) is 24.1 Å². The molecule has 0 bridgehead atoms. The summed E-state index contributed by atoms with van der Waals surface area (Å²) in [5.41, 5.74) is 2.12. The predicted octanol–water partition coefficient (Wildman–Crippen LogP) is 2.50. The summed E-state index contributed by atoms with van der Waals surface area (Å²) in [6.07, 6.45) is 6.11. The smallest absolute Gasteiger partial charge is 0.303 e. The van der Waals surface area contributed by atoms with Crippen LogP contribution >= 0.6 is 0 Å². The first-order valence-electron chi connectivity index (χ1n) is 6.78. The zero-order valence-electron chi connectivity index (χ0n) is 11.4. The lowest BCUT2D eigenvalue weighted by Crippen LogP contribution is -2.02. The molecule has 0 spiro atoms. The maximum absolute atomic E-state index is 10.8. The Hall–Kier alpha value is -2.69. The fourth-order valence-electron chi connectivity index (χ4n) is 2.46. The number of aryl methyl sites for hydroxylation is 1. The highest BCUT2D eigenvalue weighted by Gasteiger charge is 2.10. The van der Waals surface area contributed by atoms with Crippen LogP contribution < -0.4 is 0 Å². The second-order valence-electron chi connectivity index (χ2n) is 4.86. The summed E-state index contributed by atoms with van der Waals surface area (Å²) in [7, 11) is 0. The molecule has 2 heterocycles. The number of aromatic nitrogens is 3. The number of carboxylic acids is 1. The molecule has 0 saturated heterocycles. The number of carboxylic acid groups (broad SMARTS) is 1. The molecule has 0 saturated carbocycles. The molecule has 21 heavy (non-hydrogen) atoms. The molecule has 106 valence electrons. The highest BCUT2D eigenvalue weighted by atomic mass is 16.4. The number of hydrogen-bond donors (Lipinski definition) is 1. The van der Waals surface area contributed by atoms with Crippen LogP contribution in [-0.2, 0) is 17.8 Å². The van der Waals surface area contributed by atoms with Crippen LogP contribution in [0.5, 0.6) is 0 Å². The molecular formula is C16H15N3O2. The van der Waals surface area contributed by atoms with E-state index in [9.17, 15) is 4.79 Å². The monoisotopic (exact) mass is 281 g/mol. The summed E-state index contributed by atoms with van der Waals surface area (Å²) in [6, 6.07) is 9.79. The van der Waals surface area contributed by atoms with Crippen molar-refractivity contribution in [3.63, 3.8) is 0 Å². The van der Waals surface area contributed by atoms with Crippen molar-refractivity contribution in [3.8, 4) is 0 Å². The largest absolute Gasteiger partial charge is 0.481 e. The molecule has 1 N–H and O–H groups in total. The van der Waals surface area contributed by atoms with Crippen molar-refractivity contribution in [2.45, 2.75) is 19.4 Å². The van der Waals surface area contributed by atoms with Gasteiger partial charge in [-0.3, -0.25) is 4.79 Å². The van der Waals surface area contributed by atoms with Gasteiger partial charge in [-0.2, -0.15) is 0 Å². The summed E-state index contributed by atoms with van der Waals surface area (Å²) in [6.45, 7) is 0.578. The van der Waals surface area contributed by atoms with Gasteiger partial charge >= 0.3 is 5.97 Å². The minimum absolute atomic E-state index is 0.135. The molecule has 3 aromatic rings. The van der Waals surface area contributed by atoms with Crippen LogP contribution in [0.2, 0.25) is 0 Å². The lowest BCUT2D eigenvalue weighted by molar-refractivity contribution is -0.136. The minimum atomic E-state index is -0.779. The molecule has 2 aromatic heterocycles. The highest BCUT2D eigenvalue weighted by molar-refractivity contribution is 5.84. The molecule has 0 aliphatic rings. The highest BCUT2D eigenvalue weighted by Crippen LogP contribution is 2.23. The molecule has 1 aromatic carbocycles. The number of benzene rings is 1. The summed E-state index contributed by atoms with van der Waals surface area (Å²) < 4.78 is 2.07. The Kier molecular flexibility index (Phi) is 3.64. The van der Waals surface area contributed by atoms with E-state index in [2.05, 4.69) is 14.5 Å². The number of fused-ring (bicyclic) bond motifs is 1. The number of hydrogen-bond acceptors (Lipinski definition) is 3. The van der Waals surface area contributed by atoms with Crippen molar-refractivity contribution in [2.75, 3.05) is 0 Å². The summed E-state index contributed by atoms with van der Waals surface area (Å²) in [5, 5.41) is 9.95.